The van der Waals surface area contributed by atoms with Crippen LogP contribution in [0.1, 0.15) is 56.6 Å². The highest BCUT2D eigenvalue weighted by molar-refractivity contribution is 5.98. The first-order chi connectivity index (χ1) is 16.0. The highest BCUT2D eigenvalue weighted by Crippen LogP contribution is 2.44. The summed E-state index contributed by atoms with van der Waals surface area (Å²) in [5, 5.41) is 0. The van der Waals surface area contributed by atoms with Gasteiger partial charge in [-0.1, -0.05) is 62.4 Å². The minimum absolute atomic E-state index is 0.0107. The molecule has 176 valence electrons. The van der Waals surface area contributed by atoms with Crippen LogP contribution in [0.5, 0.6) is 0 Å². The van der Waals surface area contributed by atoms with Crippen molar-refractivity contribution in [1.29, 1.82) is 0 Å². The molecule has 2 aromatic carbocycles. The molecular formula is C27H33NO5. The third-order valence-corrected chi connectivity index (χ3v) is 6.10. The Hall–Kier alpha value is -3.15. The Morgan fingerprint density at radius 2 is 1.45 bits per heavy atom. The largest absolute Gasteiger partial charge is 0.469 e. The van der Waals surface area contributed by atoms with Crippen LogP contribution in [0.4, 0.5) is 0 Å². The van der Waals surface area contributed by atoms with Gasteiger partial charge in [-0.05, 0) is 41.5 Å². The lowest BCUT2D eigenvalue weighted by molar-refractivity contribution is -0.157. The van der Waals surface area contributed by atoms with Crippen molar-refractivity contribution in [2.75, 3.05) is 26.8 Å². The summed E-state index contributed by atoms with van der Waals surface area (Å²) in [4.78, 5) is 39.8. The lowest BCUT2D eigenvalue weighted by Crippen LogP contribution is -2.41. The lowest BCUT2D eigenvalue weighted by Gasteiger charge is -2.26. The Kier molecular flexibility index (Phi) is 8.64. The zero-order valence-electron chi connectivity index (χ0n) is 19.7. The summed E-state index contributed by atoms with van der Waals surface area (Å²) < 4.78 is 10.5. The van der Waals surface area contributed by atoms with Crippen molar-refractivity contribution in [3.8, 4) is 11.1 Å². The molecule has 0 saturated heterocycles. The van der Waals surface area contributed by atoms with E-state index >= 15 is 0 Å². The van der Waals surface area contributed by atoms with Crippen molar-refractivity contribution in [2.45, 2.75) is 45.4 Å². The summed E-state index contributed by atoms with van der Waals surface area (Å²) in [7, 11) is 1.30. The Morgan fingerprint density at radius 3 is 1.97 bits per heavy atom. The average molecular weight is 452 g/mol. The molecule has 0 radical (unpaired) electrons. The maximum atomic E-state index is 13.2. The van der Waals surface area contributed by atoms with Crippen LogP contribution in [0.15, 0.2) is 48.5 Å². The van der Waals surface area contributed by atoms with Gasteiger partial charge in [0.05, 0.1) is 7.11 Å². The fourth-order valence-corrected chi connectivity index (χ4v) is 4.50. The first kappa shape index (κ1) is 24.5. The van der Waals surface area contributed by atoms with Gasteiger partial charge in [-0.3, -0.25) is 14.4 Å². The molecular weight excluding hydrogens is 418 g/mol. The topological polar surface area (TPSA) is 72.9 Å². The second-order valence-electron chi connectivity index (χ2n) is 8.35. The quantitative estimate of drug-likeness (QED) is 0.370. The molecule has 0 N–H and O–H groups in total. The van der Waals surface area contributed by atoms with Crippen molar-refractivity contribution in [3.05, 3.63) is 59.7 Å². The van der Waals surface area contributed by atoms with E-state index in [0.29, 0.717) is 13.1 Å². The number of methoxy groups -OCH3 is 1. The Bertz CT molecular complexity index is 934. The summed E-state index contributed by atoms with van der Waals surface area (Å²) in [5.41, 5.74) is 4.51. The maximum absolute atomic E-state index is 13.2. The number of esters is 2. The van der Waals surface area contributed by atoms with Gasteiger partial charge in [0, 0.05) is 25.4 Å². The van der Waals surface area contributed by atoms with Gasteiger partial charge in [0.25, 0.3) is 0 Å². The van der Waals surface area contributed by atoms with E-state index in [1.807, 2.05) is 38.1 Å². The molecule has 1 amide bonds. The lowest BCUT2D eigenvalue weighted by atomic mass is 9.97. The zero-order valence-corrected chi connectivity index (χ0v) is 19.7. The predicted octanol–water partition coefficient (Wildman–Crippen LogP) is 4.56. The van der Waals surface area contributed by atoms with Gasteiger partial charge >= 0.3 is 11.9 Å². The van der Waals surface area contributed by atoms with E-state index in [1.165, 1.54) is 7.11 Å². The molecule has 1 aliphatic carbocycles. The molecule has 3 rings (SSSR count). The van der Waals surface area contributed by atoms with Gasteiger partial charge in [-0.15, -0.1) is 0 Å². The molecule has 2 aromatic rings. The van der Waals surface area contributed by atoms with E-state index in [1.54, 1.807) is 4.90 Å². The number of fused-ring (bicyclic) bond motifs is 3. The number of carbonyl (C=O) groups excluding carboxylic acids is 3. The summed E-state index contributed by atoms with van der Waals surface area (Å²) in [5.74, 6) is -2.41. The Balaban J connectivity index is 1.77. The van der Waals surface area contributed by atoms with Crippen LogP contribution in [0.3, 0.4) is 0 Å². The zero-order chi connectivity index (χ0) is 23.8. The molecule has 0 bridgehead atoms. The number of ether oxygens (including phenoxy) is 2. The SMILES string of the molecule is CCCN(CCC)C(=O)[C@H](CCC(=O)OC)C(=O)OCC1c2ccccc2-c2ccccc21. The molecule has 6 heteroatoms. The second kappa shape index (κ2) is 11.6. The minimum atomic E-state index is -1.02. The molecule has 0 heterocycles. The number of hydrogen-bond acceptors (Lipinski definition) is 5. The molecule has 0 saturated carbocycles. The van der Waals surface area contributed by atoms with Gasteiger partial charge < -0.3 is 14.4 Å². The normalized spacial score (nSPS) is 13.1. The van der Waals surface area contributed by atoms with Crippen LogP contribution >= 0.6 is 0 Å². The molecule has 0 aliphatic heterocycles. The molecule has 0 spiro atoms. The van der Waals surface area contributed by atoms with Crippen molar-refractivity contribution in [3.63, 3.8) is 0 Å². The van der Waals surface area contributed by atoms with Gasteiger partial charge in [0.1, 0.15) is 12.5 Å². The molecule has 1 atom stereocenters. The Morgan fingerprint density at radius 1 is 0.909 bits per heavy atom. The van der Waals surface area contributed by atoms with E-state index in [0.717, 1.165) is 35.1 Å². The number of hydrogen-bond donors (Lipinski definition) is 0. The molecule has 6 nitrogen and oxygen atoms in total. The van der Waals surface area contributed by atoms with Crippen LogP contribution in [0, 0.1) is 5.92 Å². The highest BCUT2D eigenvalue weighted by atomic mass is 16.5. The average Bonchev–Trinajstić information content (AvgIpc) is 3.16. The summed E-state index contributed by atoms with van der Waals surface area (Å²) in [6.07, 6.45) is 1.65. The van der Waals surface area contributed by atoms with Crippen LogP contribution < -0.4 is 0 Å². The Labute approximate surface area is 195 Å². The number of carbonyl (C=O) groups is 3. The van der Waals surface area contributed by atoms with Crippen molar-refractivity contribution < 1.29 is 23.9 Å². The van der Waals surface area contributed by atoms with Crippen molar-refractivity contribution in [2.24, 2.45) is 5.92 Å². The summed E-state index contributed by atoms with van der Waals surface area (Å²) in [6.45, 7) is 5.27. The third-order valence-electron chi connectivity index (χ3n) is 6.10. The van der Waals surface area contributed by atoms with Crippen LogP contribution in [-0.2, 0) is 23.9 Å². The fourth-order valence-electron chi connectivity index (χ4n) is 4.50. The number of amides is 1. The van der Waals surface area contributed by atoms with E-state index < -0.39 is 17.9 Å². The summed E-state index contributed by atoms with van der Waals surface area (Å²) >= 11 is 0. The summed E-state index contributed by atoms with van der Waals surface area (Å²) in [6, 6.07) is 16.2. The van der Waals surface area contributed by atoms with Gasteiger partial charge in [0.2, 0.25) is 5.91 Å². The molecule has 1 aliphatic rings. The molecule has 0 fully saturated rings. The van der Waals surface area contributed by atoms with Gasteiger partial charge in [0.15, 0.2) is 0 Å². The first-order valence-corrected chi connectivity index (χ1v) is 11.7. The third kappa shape index (κ3) is 5.62. The van der Waals surface area contributed by atoms with Gasteiger partial charge in [-0.25, -0.2) is 0 Å². The van der Waals surface area contributed by atoms with Crippen molar-refractivity contribution >= 4 is 17.8 Å². The van der Waals surface area contributed by atoms with E-state index in [4.69, 9.17) is 9.47 Å². The molecule has 0 aromatic heterocycles. The fraction of sp³-hybridized carbons (Fsp3) is 0.444. The minimum Gasteiger partial charge on any atom is -0.469 e. The first-order valence-electron chi connectivity index (χ1n) is 11.7. The molecule has 33 heavy (non-hydrogen) atoms. The van der Waals surface area contributed by atoms with E-state index in [2.05, 4.69) is 24.3 Å². The molecule has 0 unspecified atom stereocenters. The van der Waals surface area contributed by atoms with Crippen molar-refractivity contribution in [1.82, 2.24) is 4.90 Å². The number of rotatable bonds is 11. The van der Waals surface area contributed by atoms with Crippen LogP contribution in [0.25, 0.3) is 11.1 Å². The maximum Gasteiger partial charge on any atom is 0.318 e. The number of benzene rings is 2. The van der Waals surface area contributed by atoms with Crippen LogP contribution in [-0.4, -0.2) is 49.6 Å². The monoisotopic (exact) mass is 451 g/mol. The number of nitrogens with zero attached hydrogens (tertiary/aromatic N) is 1. The van der Waals surface area contributed by atoms with E-state index in [9.17, 15) is 14.4 Å². The highest BCUT2D eigenvalue weighted by Gasteiger charge is 2.34. The predicted molar refractivity (Wildman–Crippen MR) is 127 cm³/mol. The van der Waals surface area contributed by atoms with E-state index in [-0.39, 0.29) is 31.3 Å². The van der Waals surface area contributed by atoms with Gasteiger partial charge in [-0.2, -0.15) is 0 Å². The standard InChI is InChI=1S/C27H33NO5/c1-4-16-28(17-5-2)26(30)23(14-15-25(29)32-3)27(31)33-18-24-21-12-8-6-10-19(21)20-11-7-9-13-22(20)24/h6-13,23-24H,4-5,14-18H2,1-3H3/t23-/m0/s1. The van der Waals surface area contributed by atoms with Crippen LogP contribution in [0.2, 0.25) is 0 Å². The second-order valence-corrected chi connectivity index (χ2v) is 8.35. The smallest absolute Gasteiger partial charge is 0.318 e.